The van der Waals surface area contributed by atoms with E-state index in [0.29, 0.717) is 16.9 Å². The third-order valence-electron chi connectivity index (χ3n) is 2.70. The van der Waals surface area contributed by atoms with Crippen LogP contribution >= 0.6 is 0 Å². The summed E-state index contributed by atoms with van der Waals surface area (Å²) in [5.74, 6) is -0.913. The summed E-state index contributed by atoms with van der Waals surface area (Å²) in [5, 5.41) is 17.8. The highest BCUT2D eigenvalue weighted by Gasteiger charge is 2.15. The Morgan fingerprint density at radius 1 is 1.43 bits per heavy atom. The van der Waals surface area contributed by atoms with Gasteiger partial charge in [-0.25, -0.2) is 4.79 Å². The van der Waals surface area contributed by atoms with Gasteiger partial charge in [0.1, 0.15) is 11.8 Å². The zero-order valence-electron chi connectivity index (χ0n) is 11.0. The van der Waals surface area contributed by atoms with Gasteiger partial charge in [-0.15, -0.1) is 0 Å². The van der Waals surface area contributed by atoms with E-state index in [4.69, 9.17) is 19.5 Å². The number of carbonyl (C=O) groups is 1. The van der Waals surface area contributed by atoms with E-state index >= 15 is 0 Å². The number of aromatic carboxylic acids is 1. The summed E-state index contributed by atoms with van der Waals surface area (Å²) >= 11 is 0. The molecule has 0 aliphatic heterocycles. The second kappa shape index (κ2) is 6.24. The highest BCUT2D eigenvalue weighted by molar-refractivity contribution is 7.84. The molecule has 108 valence electrons. The molecule has 0 aliphatic rings. The van der Waals surface area contributed by atoms with Crippen LogP contribution in [-0.4, -0.2) is 22.4 Å². The van der Waals surface area contributed by atoms with E-state index in [-0.39, 0.29) is 16.6 Å². The molecule has 21 heavy (non-hydrogen) atoms. The van der Waals surface area contributed by atoms with E-state index in [1.54, 1.807) is 18.2 Å². The van der Waals surface area contributed by atoms with E-state index in [9.17, 15) is 9.00 Å². The Balaban J connectivity index is 2.19. The van der Waals surface area contributed by atoms with Gasteiger partial charge in [-0.2, -0.15) is 5.26 Å². The quantitative estimate of drug-likeness (QED) is 0.908. The number of hydrogen-bond donors (Lipinski definition) is 1. The molecule has 1 N–H and O–H groups in total. The first kappa shape index (κ1) is 14.8. The summed E-state index contributed by atoms with van der Waals surface area (Å²) in [6.45, 7) is 0. The van der Waals surface area contributed by atoms with Crippen molar-refractivity contribution in [1.29, 1.82) is 5.26 Å². The van der Waals surface area contributed by atoms with Gasteiger partial charge in [0.2, 0.25) is 5.76 Å². The Bertz CT molecular complexity index is 744. The molecule has 0 bridgehead atoms. The van der Waals surface area contributed by atoms with Gasteiger partial charge in [0.05, 0.1) is 29.2 Å². The van der Waals surface area contributed by atoms with Gasteiger partial charge < -0.3 is 14.3 Å². The molecule has 0 radical (unpaired) electrons. The number of benzene rings is 1. The lowest BCUT2D eigenvalue weighted by Crippen LogP contribution is -1.97. The normalized spacial score (nSPS) is 11.6. The molecule has 1 aromatic carbocycles. The molecular formula is C14H11NO5S. The average Bonchev–Trinajstić information content (AvgIpc) is 2.97. The zero-order chi connectivity index (χ0) is 15.4. The van der Waals surface area contributed by atoms with Gasteiger partial charge in [0.25, 0.3) is 0 Å². The number of hydrogen-bond acceptors (Lipinski definition) is 5. The summed E-state index contributed by atoms with van der Waals surface area (Å²) in [5.41, 5.74) is 1.01. The first-order valence-electron chi connectivity index (χ1n) is 5.83. The third kappa shape index (κ3) is 3.30. The molecule has 0 aliphatic carbocycles. The molecule has 0 amide bonds. The standard InChI is InChI=1S/C14H11NO5S/c1-19-11-3-2-9(6-10(11)7-15)8-21(18)13-5-4-12(20-13)14(16)17/h2-6H,8H2,1H3,(H,16,17). The molecule has 0 saturated carbocycles. The fourth-order valence-electron chi connectivity index (χ4n) is 1.71. The van der Waals surface area contributed by atoms with Crippen LogP contribution in [0.25, 0.3) is 0 Å². The van der Waals surface area contributed by atoms with Crippen LogP contribution in [0.3, 0.4) is 0 Å². The third-order valence-corrected chi connectivity index (χ3v) is 3.96. The first-order chi connectivity index (χ1) is 10.0. The van der Waals surface area contributed by atoms with Crippen LogP contribution in [-0.2, 0) is 16.6 Å². The number of nitrogens with zero attached hydrogens (tertiary/aromatic N) is 1. The van der Waals surface area contributed by atoms with Crippen LogP contribution in [0.5, 0.6) is 5.75 Å². The number of methoxy groups -OCH3 is 1. The van der Waals surface area contributed by atoms with Crippen molar-refractivity contribution < 1.29 is 23.3 Å². The molecule has 0 spiro atoms. The SMILES string of the molecule is COc1ccc(CS(=O)c2ccc(C(=O)O)o2)cc1C#N. The summed E-state index contributed by atoms with van der Waals surface area (Å²) in [7, 11) is -0.0666. The van der Waals surface area contributed by atoms with Crippen molar-refractivity contribution in [3.8, 4) is 11.8 Å². The largest absolute Gasteiger partial charge is 0.495 e. The first-order valence-corrected chi connectivity index (χ1v) is 7.15. The van der Waals surface area contributed by atoms with Crippen LogP contribution in [0.1, 0.15) is 21.7 Å². The van der Waals surface area contributed by atoms with E-state index in [0.717, 1.165) is 0 Å². The van der Waals surface area contributed by atoms with Crippen molar-refractivity contribution in [2.45, 2.75) is 10.8 Å². The van der Waals surface area contributed by atoms with Gasteiger partial charge in [0, 0.05) is 0 Å². The molecule has 1 unspecified atom stereocenters. The fraction of sp³-hybridized carbons (Fsp3) is 0.143. The zero-order valence-corrected chi connectivity index (χ0v) is 11.8. The minimum Gasteiger partial charge on any atom is -0.495 e. The lowest BCUT2D eigenvalue weighted by Gasteiger charge is -2.05. The molecule has 0 saturated heterocycles. The van der Waals surface area contributed by atoms with Gasteiger partial charge in [0.15, 0.2) is 5.09 Å². The number of rotatable bonds is 5. The Hall–Kier alpha value is -2.59. The second-order valence-electron chi connectivity index (χ2n) is 4.06. The predicted octanol–water partition coefficient (Wildman–Crippen LogP) is 2.17. The van der Waals surface area contributed by atoms with Crippen molar-refractivity contribution in [1.82, 2.24) is 0 Å². The summed E-state index contributed by atoms with van der Waals surface area (Å²) in [4.78, 5) is 10.7. The maximum Gasteiger partial charge on any atom is 0.371 e. The smallest absolute Gasteiger partial charge is 0.371 e. The lowest BCUT2D eigenvalue weighted by atomic mass is 10.1. The Labute approximate surface area is 123 Å². The van der Waals surface area contributed by atoms with E-state index in [2.05, 4.69) is 0 Å². The van der Waals surface area contributed by atoms with Crippen LogP contribution in [0.15, 0.2) is 39.8 Å². The molecule has 0 fully saturated rings. The van der Waals surface area contributed by atoms with Crippen molar-refractivity contribution in [3.63, 3.8) is 0 Å². The maximum absolute atomic E-state index is 12.1. The summed E-state index contributed by atoms with van der Waals surface area (Å²) in [6, 6.07) is 9.51. The van der Waals surface area contributed by atoms with Gasteiger partial charge in [-0.3, -0.25) is 4.21 Å². The van der Waals surface area contributed by atoms with Crippen molar-refractivity contribution in [2.75, 3.05) is 7.11 Å². The average molecular weight is 305 g/mol. The highest BCUT2D eigenvalue weighted by atomic mass is 32.2. The molecule has 1 atom stereocenters. The minimum absolute atomic E-state index is 0.0849. The second-order valence-corrected chi connectivity index (χ2v) is 5.44. The number of furan rings is 1. The number of carboxylic acids is 1. The molecule has 2 aromatic rings. The van der Waals surface area contributed by atoms with Gasteiger partial charge >= 0.3 is 5.97 Å². The van der Waals surface area contributed by atoms with Gasteiger partial charge in [-0.1, -0.05) is 6.07 Å². The van der Waals surface area contributed by atoms with Crippen LogP contribution in [0.4, 0.5) is 0 Å². The van der Waals surface area contributed by atoms with Crippen molar-refractivity contribution >= 4 is 16.8 Å². The molecule has 7 heteroatoms. The predicted molar refractivity (Wildman–Crippen MR) is 73.5 cm³/mol. The topological polar surface area (TPSA) is 101 Å². The highest BCUT2D eigenvalue weighted by Crippen LogP contribution is 2.21. The maximum atomic E-state index is 12.1. The van der Waals surface area contributed by atoms with Crippen LogP contribution < -0.4 is 4.74 Å². The Morgan fingerprint density at radius 3 is 2.76 bits per heavy atom. The fourth-order valence-corrected chi connectivity index (χ4v) is 2.74. The van der Waals surface area contributed by atoms with Crippen LogP contribution in [0, 0.1) is 11.3 Å². The Morgan fingerprint density at radius 2 is 2.19 bits per heavy atom. The van der Waals surface area contributed by atoms with Crippen molar-refractivity contribution in [2.24, 2.45) is 0 Å². The lowest BCUT2D eigenvalue weighted by molar-refractivity contribution is 0.0656. The van der Waals surface area contributed by atoms with Crippen molar-refractivity contribution in [3.05, 3.63) is 47.2 Å². The molecular weight excluding hydrogens is 294 g/mol. The molecule has 1 aromatic heterocycles. The van der Waals surface area contributed by atoms with E-state index in [1.165, 1.54) is 19.2 Å². The van der Waals surface area contributed by atoms with Crippen LogP contribution in [0.2, 0.25) is 0 Å². The summed E-state index contributed by atoms with van der Waals surface area (Å²) < 4.78 is 22.1. The monoisotopic (exact) mass is 305 g/mol. The van der Waals surface area contributed by atoms with Gasteiger partial charge in [-0.05, 0) is 29.8 Å². The summed E-state index contributed by atoms with van der Waals surface area (Å²) in [6.07, 6.45) is 0. The minimum atomic E-state index is -1.53. The molecule has 1 heterocycles. The Kier molecular flexibility index (Phi) is 4.40. The number of carboxylic acid groups (broad SMARTS) is 1. The number of ether oxygens (including phenoxy) is 1. The van der Waals surface area contributed by atoms with E-state index in [1.807, 2.05) is 6.07 Å². The van der Waals surface area contributed by atoms with E-state index < -0.39 is 16.8 Å². The number of nitriles is 1. The molecule has 6 nitrogen and oxygen atoms in total. The molecule has 2 rings (SSSR count).